The number of pyridine rings is 1. The van der Waals surface area contributed by atoms with Gasteiger partial charge in [0.25, 0.3) is 5.95 Å². The standard InChI is InChI=1S/C13H14N8/c1-9-4-2-5-15-10(9)8-16-12-18-11(14)19-13(20-12)21-7-3-6-17-21/h2-7H,8H2,1H3,(H3,14,16,18,19,20). The van der Waals surface area contributed by atoms with E-state index in [1.54, 1.807) is 24.7 Å². The van der Waals surface area contributed by atoms with Crippen LogP contribution in [0.5, 0.6) is 0 Å². The average Bonchev–Trinajstić information content (AvgIpc) is 3.00. The van der Waals surface area contributed by atoms with E-state index in [0.717, 1.165) is 11.3 Å². The van der Waals surface area contributed by atoms with Crippen molar-refractivity contribution in [3.63, 3.8) is 0 Å². The fourth-order valence-electron chi connectivity index (χ4n) is 1.82. The highest BCUT2D eigenvalue weighted by Gasteiger charge is 2.07. The minimum absolute atomic E-state index is 0.135. The first-order valence-corrected chi connectivity index (χ1v) is 6.38. The Hall–Kier alpha value is -3.03. The van der Waals surface area contributed by atoms with Crippen LogP contribution in [0.2, 0.25) is 0 Å². The molecule has 0 unspecified atom stereocenters. The lowest BCUT2D eigenvalue weighted by molar-refractivity contribution is 0.797. The molecule has 0 aliphatic carbocycles. The number of anilines is 2. The molecule has 106 valence electrons. The first-order chi connectivity index (χ1) is 10.2. The number of rotatable bonds is 4. The Labute approximate surface area is 121 Å². The van der Waals surface area contributed by atoms with E-state index in [0.29, 0.717) is 18.4 Å². The van der Waals surface area contributed by atoms with E-state index in [1.807, 2.05) is 19.1 Å². The van der Waals surface area contributed by atoms with E-state index >= 15 is 0 Å². The zero-order valence-electron chi connectivity index (χ0n) is 11.4. The highest BCUT2D eigenvalue weighted by molar-refractivity contribution is 5.35. The molecule has 3 heterocycles. The molecule has 0 atom stereocenters. The number of nitrogen functional groups attached to an aromatic ring is 1. The Balaban J connectivity index is 1.81. The van der Waals surface area contributed by atoms with Crippen LogP contribution in [0, 0.1) is 6.92 Å². The van der Waals surface area contributed by atoms with Crippen LogP contribution >= 0.6 is 0 Å². The number of hydrogen-bond acceptors (Lipinski definition) is 7. The van der Waals surface area contributed by atoms with Crippen LogP contribution in [0.15, 0.2) is 36.8 Å². The molecule has 0 saturated carbocycles. The van der Waals surface area contributed by atoms with Gasteiger partial charge in [0.1, 0.15) is 0 Å². The van der Waals surface area contributed by atoms with Crippen molar-refractivity contribution in [3.05, 3.63) is 48.0 Å². The monoisotopic (exact) mass is 282 g/mol. The van der Waals surface area contributed by atoms with E-state index in [2.05, 4.69) is 30.4 Å². The molecule has 0 amide bonds. The molecule has 0 spiro atoms. The van der Waals surface area contributed by atoms with Crippen molar-refractivity contribution in [2.75, 3.05) is 11.1 Å². The predicted molar refractivity (Wildman–Crippen MR) is 77.7 cm³/mol. The molecular formula is C13H14N8. The summed E-state index contributed by atoms with van der Waals surface area (Å²) in [6, 6.07) is 5.68. The van der Waals surface area contributed by atoms with Crippen molar-refractivity contribution >= 4 is 11.9 Å². The lowest BCUT2D eigenvalue weighted by Gasteiger charge is -2.08. The van der Waals surface area contributed by atoms with Crippen LogP contribution < -0.4 is 11.1 Å². The minimum atomic E-state index is 0.135. The summed E-state index contributed by atoms with van der Waals surface area (Å²) < 4.78 is 1.52. The van der Waals surface area contributed by atoms with Gasteiger partial charge in [-0.05, 0) is 24.6 Å². The van der Waals surface area contributed by atoms with Gasteiger partial charge in [0.2, 0.25) is 11.9 Å². The van der Waals surface area contributed by atoms with Crippen LogP contribution in [-0.4, -0.2) is 29.7 Å². The summed E-state index contributed by atoms with van der Waals surface area (Å²) in [4.78, 5) is 16.7. The van der Waals surface area contributed by atoms with Crippen molar-refractivity contribution < 1.29 is 0 Å². The molecule has 0 saturated heterocycles. The molecule has 0 radical (unpaired) electrons. The fourth-order valence-corrected chi connectivity index (χ4v) is 1.82. The average molecular weight is 282 g/mol. The van der Waals surface area contributed by atoms with Gasteiger partial charge in [0.15, 0.2) is 0 Å². The number of aromatic nitrogens is 6. The number of aryl methyl sites for hydroxylation is 1. The van der Waals surface area contributed by atoms with Crippen LogP contribution in [0.4, 0.5) is 11.9 Å². The molecule has 3 N–H and O–H groups in total. The van der Waals surface area contributed by atoms with Gasteiger partial charge in [-0.3, -0.25) is 4.98 Å². The largest absolute Gasteiger partial charge is 0.368 e. The lowest BCUT2D eigenvalue weighted by atomic mass is 10.2. The number of nitrogens with one attached hydrogen (secondary N) is 1. The van der Waals surface area contributed by atoms with Crippen LogP contribution in [-0.2, 0) is 6.54 Å². The number of nitrogens with zero attached hydrogens (tertiary/aromatic N) is 6. The van der Waals surface area contributed by atoms with Gasteiger partial charge in [0.05, 0.1) is 12.2 Å². The Morgan fingerprint density at radius 2 is 2.10 bits per heavy atom. The van der Waals surface area contributed by atoms with Gasteiger partial charge in [-0.1, -0.05) is 6.07 Å². The molecule has 3 rings (SSSR count). The van der Waals surface area contributed by atoms with Gasteiger partial charge in [0, 0.05) is 18.6 Å². The third-order valence-corrected chi connectivity index (χ3v) is 2.88. The van der Waals surface area contributed by atoms with Crippen molar-refractivity contribution in [1.29, 1.82) is 0 Å². The molecule has 3 aromatic heterocycles. The fraction of sp³-hybridized carbons (Fsp3) is 0.154. The molecule has 0 fully saturated rings. The maximum atomic E-state index is 5.71. The van der Waals surface area contributed by atoms with Gasteiger partial charge < -0.3 is 11.1 Å². The summed E-state index contributed by atoms with van der Waals surface area (Å²) in [6.07, 6.45) is 5.13. The molecule has 8 heteroatoms. The summed E-state index contributed by atoms with van der Waals surface area (Å²) in [5.74, 6) is 0.890. The predicted octanol–water partition coefficient (Wildman–Crippen LogP) is 0.955. The van der Waals surface area contributed by atoms with Crippen LogP contribution in [0.1, 0.15) is 11.3 Å². The Bertz CT molecular complexity index is 738. The second-order valence-electron chi connectivity index (χ2n) is 4.39. The van der Waals surface area contributed by atoms with E-state index < -0.39 is 0 Å². The molecule has 21 heavy (non-hydrogen) atoms. The van der Waals surface area contributed by atoms with E-state index in [9.17, 15) is 0 Å². The highest BCUT2D eigenvalue weighted by atomic mass is 15.4. The quantitative estimate of drug-likeness (QED) is 0.733. The Kier molecular flexibility index (Phi) is 3.42. The van der Waals surface area contributed by atoms with E-state index in [4.69, 9.17) is 5.73 Å². The van der Waals surface area contributed by atoms with Gasteiger partial charge in [-0.25, -0.2) is 4.68 Å². The van der Waals surface area contributed by atoms with Gasteiger partial charge >= 0.3 is 0 Å². The van der Waals surface area contributed by atoms with E-state index in [-0.39, 0.29) is 5.95 Å². The second-order valence-corrected chi connectivity index (χ2v) is 4.39. The SMILES string of the molecule is Cc1cccnc1CNc1nc(N)nc(-n2cccn2)n1. The Morgan fingerprint density at radius 1 is 1.19 bits per heavy atom. The molecule has 8 nitrogen and oxygen atoms in total. The van der Waals surface area contributed by atoms with Gasteiger partial charge in [-0.15, -0.1) is 0 Å². The van der Waals surface area contributed by atoms with Crippen molar-refractivity contribution in [2.45, 2.75) is 13.5 Å². The zero-order chi connectivity index (χ0) is 14.7. The molecule has 3 aromatic rings. The highest BCUT2D eigenvalue weighted by Crippen LogP contribution is 2.09. The normalized spacial score (nSPS) is 10.5. The molecule has 0 aromatic carbocycles. The zero-order valence-corrected chi connectivity index (χ0v) is 11.4. The molecule has 0 aliphatic heterocycles. The van der Waals surface area contributed by atoms with Crippen LogP contribution in [0.25, 0.3) is 5.95 Å². The summed E-state index contributed by atoms with van der Waals surface area (Å²) in [6.45, 7) is 2.51. The first kappa shape index (κ1) is 13.0. The first-order valence-electron chi connectivity index (χ1n) is 6.38. The van der Waals surface area contributed by atoms with E-state index in [1.165, 1.54) is 4.68 Å². The maximum absolute atomic E-state index is 5.71. The van der Waals surface area contributed by atoms with Crippen molar-refractivity contribution in [2.24, 2.45) is 0 Å². The minimum Gasteiger partial charge on any atom is -0.368 e. The second kappa shape index (κ2) is 5.53. The van der Waals surface area contributed by atoms with Crippen LogP contribution in [0.3, 0.4) is 0 Å². The summed E-state index contributed by atoms with van der Waals surface area (Å²) >= 11 is 0. The molecular weight excluding hydrogens is 268 g/mol. The Morgan fingerprint density at radius 3 is 2.86 bits per heavy atom. The summed E-state index contributed by atoms with van der Waals surface area (Å²) in [7, 11) is 0. The lowest BCUT2D eigenvalue weighted by Crippen LogP contribution is -2.12. The van der Waals surface area contributed by atoms with Crippen molar-refractivity contribution in [1.82, 2.24) is 29.7 Å². The third-order valence-electron chi connectivity index (χ3n) is 2.88. The van der Waals surface area contributed by atoms with Crippen molar-refractivity contribution in [3.8, 4) is 5.95 Å². The summed E-state index contributed by atoms with van der Waals surface area (Å²) in [5.41, 5.74) is 7.73. The van der Waals surface area contributed by atoms with Gasteiger partial charge in [-0.2, -0.15) is 20.1 Å². The maximum Gasteiger partial charge on any atom is 0.257 e. The topological polar surface area (TPSA) is 107 Å². The number of hydrogen-bond donors (Lipinski definition) is 2. The summed E-state index contributed by atoms with van der Waals surface area (Å²) in [5, 5.41) is 7.17. The number of nitrogens with two attached hydrogens (primary N) is 1. The molecule has 0 aliphatic rings. The third kappa shape index (κ3) is 2.94. The smallest absolute Gasteiger partial charge is 0.257 e. The molecule has 0 bridgehead atoms.